The van der Waals surface area contributed by atoms with E-state index in [1.165, 1.54) is 0 Å². The minimum atomic E-state index is 0.156. The van der Waals surface area contributed by atoms with Gasteiger partial charge in [-0.05, 0) is 30.5 Å². The molecule has 1 N–H and O–H groups in total. The van der Waals surface area contributed by atoms with Gasteiger partial charge in [-0.1, -0.05) is 12.2 Å². The first-order chi connectivity index (χ1) is 8.81. The van der Waals surface area contributed by atoms with Crippen molar-refractivity contribution < 1.29 is 0 Å². The van der Waals surface area contributed by atoms with Crippen molar-refractivity contribution in [3.8, 4) is 5.95 Å². The molecule has 0 spiro atoms. The first-order valence-corrected chi connectivity index (χ1v) is 6.02. The predicted molar refractivity (Wildman–Crippen MR) is 67.7 cm³/mol. The summed E-state index contributed by atoms with van der Waals surface area (Å²) in [6, 6.07) is 2.13. The highest BCUT2D eigenvalue weighted by Gasteiger charge is 2.13. The van der Waals surface area contributed by atoms with Gasteiger partial charge in [-0.15, -0.1) is 0 Å². The summed E-state index contributed by atoms with van der Waals surface area (Å²) in [6.07, 6.45) is 9.63. The Morgan fingerprint density at radius 3 is 2.78 bits per heavy atom. The van der Waals surface area contributed by atoms with E-state index < -0.39 is 0 Å². The molecule has 0 radical (unpaired) electrons. The number of nitrogens with zero attached hydrogens (tertiary/aromatic N) is 5. The van der Waals surface area contributed by atoms with Crippen LogP contribution in [0.15, 0.2) is 30.6 Å². The number of rotatable bonds is 3. The second kappa shape index (κ2) is 4.73. The fraction of sp³-hybridized carbons (Fsp3) is 0.273. The Labute approximate surface area is 109 Å². The van der Waals surface area contributed by atoms with Crippen LogP contribution in [0.5, 0.6) is 0 Å². The Bertz CT molecular complexity index is 557. The Hall–Kier alpha value is -1.95. The highest BCUT2D eigenvalue weighted by molar-refractivity contribution is 6.28. The van der Waals surface area contributed by atoms with Gasteiger partial charge in [-0.25, -0.2) is 4.68 Å². The van der Waals surface area contributed by atoms with Crippen molar-refractivity contribution in [3.63, 3.8) is 0 Å². The molecule has 0 saturated heterocycles. The van der Waals surface area contributed by atoms with Crippen LogP contribution in [0, 0.1) is 0 Å². The van der Waals surface area contributed by atoms with Crippen molar-refractivity contribution in [3.05, 3.63) is 35.9 Å². The summed E-state index contributed by atoms with van der Waals surface area (Å²) in [4.78, 5) is 12.4. The van der Waals surface area contributed by atoms with E-state index in [2.05, 4.69) is 37.5 Å². The molecule has 0 unspecified atom stereocenters. The average molecular weight is 263 g/mol. The monoisotopic (exact) mass is 262 g/mol. The third-order valence-electron chi connectivity index (χ3n) is 2.65. The number of halogens is 1. The Morgan fingerprint density at radius 2 is 2.06 bits per heavy atom. The molecular weight excluding hydrogens is 252 g/mol. The SMILES string of the molecule is Clc1nc(NC2CC=CC2)nc(-n2cccn2)n1. The molecule has 0 aromatic carbocycles. The first-order valence-electron chi connectivity index (χ1n) is 5.64. The molecule has 7 heteroatoms. The lowest BCUT2D eigenvalue weighted by Gasteiger charge is -2.12. The van der Waals surface area contributed by atoms with E-state index in [1.54, 1.807) is 23.1 Å². The van der Waals surface area contributed by atoms with E-state index in [4.69, 9.17) is 11.6 Å². The van der Waals surface area contributed by atoms with E-state index >= 15 is 0 Å². The minimum Gasteiger partial charge on any atom is -0.351 e. The van der Waals surface area contributed by atoms with Gasteiger partial charge >= 0.3 is 0 Å². The summed E-state index contributed by atoms with van der Waals surface area (Å²) < 4.78 is 1.55. The largest absolute Gasteiger partial charge is 0.351 e. The maximum Gasteiger partial charge on any atom is 0.256 e. The summed E-state index contributed by atoms with van der Waals surface area (Å²) in [5.74, 6) is 0.891. The van der Waals surface area contributed by atoms with E-state index in [-0.39, 0.29) is 5.28 Å². The number of aromatic nitrogens is 5. The maximum atomic E-state index is 5.89. The second-order valence-corrected chi connectivity index (χ2v) is 4.30. The predicted octanol–water partition coefficient (Wildman–Crippen LogP) is 1.84. The van der Waals surface area contributed by atoms with Crippen LogP contribution < -0.4 is 5.32 Å². The molecule has 2 aromatic heterocycles. The molecule has 92 valence electrons. The molecule has 0 bridgehead atoms. The molecule has 1 aliphatic carbocycles. The fourth-order valence-electron chi connectivity index (χ4n) is 1.81. The third kappa shape index (κ3) is 2.33. The van der Waals surface area contributed by atoms with Crippen LogP contribution in [0.1, 0.15) is 12.8 Å². The highest BCUT2D eigenvalue weighted by atomic mass is 35.5. The van der Waals surface area contributed by atoms with E-state index in [0.717, 1.165) is 12.8 Å². The number of anilines is 1. The van der Waals surface area contributed by atoms with Crippen molar-refractivity contribution >= 4 is 17.5 Å². The summed E-state index contributed by atoms with van der Waals surface area (Å²) in [5, 5.41) is 7.46. The van der Waals surface area contributed by atoms with Gasteiger partial charge < -0.3 is 5.32 Å². The lowest BCUT2D eigenvalue weighted by atomic mass is 10.2. The van der Waals surface area contributed by atoms with Gasteiger partial charge in [0.25, 0.3) is 5.95 Å². The summed E-state index contributed by atoms with van der Waals surface area (Å²) >= 11 is 5.89. The molecule has 3 rings (SSSR count). The highest BCUT2D eigenvalue weighted by Crippen LogP contribution is 2.15. The molecule has 1 aliphatic rings. The van der Waals surface area contributed by atoms with Crippen LogP contribution in [-0.2, 0) is 0 Å². The van der Waals surface area contributed by atoms with Crippen molar-refractivity contribution in [1.29, 1.82) is 0 Å². The lowest BCUT2D eigenvalue weighted by molar-refractivity contribution is 0.753. The van der Waals surface area contributed by atoms with E-state index in [0.29, 0.717) is 17.9 Å². The molecule has 0 amide bonds. The van der Waals surface area contributed by atoms with Crippen LogP contribution in [0.25, 0.3) is 5.95 Å². The van der Waals surface area contributed by atoms with Gasteiger partial charge in [0.15, 0.2) is 0 Å². The fourth-order valence-corrected chi connectivity index (χ4v) is 1.97. The van der Waals surface area contributed by atoms with Gasteiger partial charge in [0.05, 0.1) is 0 Å². The van der Waals surface area contributed by atoms with Crippen molar-refractivity contribution in [2.45, 2.75) is 18.9 Å². The zero-order valence-corrected chi connectivity index (χ0v) is 10.2. The average Bonchev–Trinajstić information content (AvgIpc) is 3.00. The summed E-state index contributed by atoms with van der Waals surface area (Å²) in [7, 11) is 0. The molecule has 0 atom stereocenters. The van der Waals surface area contributed by atoms with Gasteiger partial charge in [-0.2, -0.15) is 20.1 Å². The molecule has 2 heterocycles. The second-order valence-electron chi connectivity index (χ2n) is 3.96. The number of hydrogen-bond acceptors (Lipinski definition) is 5. The zero-order chi connectivity index (χ0) is 12.4. The van der Waals surface area contributed by atoms with Crippen molar-refractivity contribution in [2.24, 2.45) is 0 Å². The van der Waals surface area contributed by atoms with Crippen LogP contribution in [0.2, 0.25) is 5.28 Å². The molecule has 6 nitrogen and oxygen atoms in total. The Balaban J connectivity index is 1.86. The summed E-state index contributed by atoms with van der Waals surface area (Å²) in [5.41, 5.74) is 0. The van der Waals surface area contributed by atoms with Crippen LogP contribution >= 0.6 is 11.6 Å². The minimum absolute atomic E-state index is 0.156. The summed E-state index contributed by atoms with van der Waals surface area (Å²) in [6.45, 7) is 0. The number of nitrogens with one attached hydrogen (secondary N) is 1. The molecule has 0 fully saturated rings. The van der Waals surface area contributed by atoms with Crippen LogP contribution in [0.4, 0.5) is 5.95 Å². The molecular formula is C11H11ClN6. The van der Waals surface area contributed by atoms with Gasteiger partial charge in [0.2, 0.25) is 11.2 Å². The molecule has 0 saturated carbocycles. The molecule has 18 heavy (non-hydrogen) atoms. The zero-order valence-electron chi connectivity index (χ0n) is 9.49. The van der Waals surface area contributed by atoms with Crippen molar-refractivity contribution in [1.82, 2.24) is 24.7 Å². The van der Waals surface area contributed by atoms with Gasteiger partial charge in [0, 0.05) is 18.4 Å². The van der Waals surface area contributed by atoms with Crippen LogP contribution in [0.3, 0.4) is 0 Å². The third-order valence-corrected chi connectivity index (χ3v) is 2.82. The normalized spacial score (nSPS) is 15.2. The topological polar surface area (TPSA) is 68.5 Å². The first kappa shape index (κ1) is 11.2. The lowest BCUT2D eigenvalue weighted by Crippen LogP contribution is -2.18. The van der Waals surface area contributed by atoms with E-state index in [9.17, 15) is 0 Å². The van der Waals surface area contributed by atoms with Gasteiger partial charge in [-0.3, -0.25) is 0 Å². The van der Waals surface area contributed by atoms with Crippen LogP contribution in [-0.4, -0.2) is 30.8 Å². The van der Waals surface area contributed by atoms with E-state index in [1.807, 2.05) is 0 Å². The Kier molecular flexibility index (Phi) is 2.93. The van der Waals surface area contributed by atoms with Crippen molar-refractivity contribution in [2.75, 3.05) is 5.32 Å². The smallest absolute Gasteiger partial charge is 0.256 e. The molecule has 0 aliphatic heterocycles. The van der Waals surface area contributed by atoms with Gasteiger partial charge in [0.1, 0.15) is 0 Å². The number of hydrogen-bond donors (Lipinski definition) is 1. The quantitative estimate of drug-likeness (QED) is 0.855. The maximum absolute atomic E-state index is 5.89. The molecule has 2 aromatic rings. The Morgan fingerprint density at radius 1 is 1.22 bits per heavy atom. The standard InChI is InChI=1S/C11H11ClN6/c12-9-15-10(14-8-4-1-2-5-8)17-11(16-9)18-7-3-6-13-18/h1-3,6-8H,4-5H2,(H,14,15,16,17).